The predicted octanol–water partition coefficient (Wildman–Crippen LogP) is -0.454. The van der Waals surface area contributed by atoms with Crippen molar-refractivity contribution in [3.8, 4) is 0 Å². The quantitative estimate of drug-likeness (QED) is 0.423. The molecule has 1 amide bonds. The number of aliphatic hydroxyl groups excluding tert-OH is 1. The Balaban J connectivity index is 3.64. The number of alkyl halides is 3. The largest absolute Gasteiger partial charge is 0.473 e. The Morgan fingerprint density at radius 2 is 2.10 bits per heavy atom. The topological polar surface area (TPSA) is 58.6 Å². The van der Waals surface area contributed by atoms with Crippen molar-refractivity contribution in [1.29, 1.82) is 0 Å². The normalized spacial score (nSPS) is 11.2. The first-order valence-electron chi connectivity index (χ1n) is 2.08. The van der Waals surface area contributed by atoms with Crippen molar-refractivity contribution in [2.24, 2.45) is 0 Å². The summed E-state index contributed by atoms with van der Waals surface area (Å²) in [6.45, 7) is -0.998. The first-order valence-corrected chi connectivity index (χ1v) is 2.08. The summed E-state index contributed by atoms with van der Waals surface area (Å²) in [7, 11) is 0. The van der Waals surface area contributed by atoms with E-state index in [4.69, 9.17) is 5.11 Å². The molecule has 0 aliphatic rings. The third-order valence-corrected chi connectivity index (χ3v) is 0.487. The molecule has 0 bridgehead atoms. The van der Waals surface area contributed by atoms with Crippen LogP contribution in [-0.2, 0) is 9.63 Å². The van der Waals surface area contributed by atoms with E-state index < -0.39 is 18.9 Å². The standard InChI is InChI=1S/C3H4F3NO3/c4-3(5,6)2(9)7-10-1-8/h8H,1H2,(H,7,9). The first-order chi connectivity index (χ1) is 4.48. The van der Waals surface area contributed by atoms with Gasteiger partial charge in [-0.1, -0.05) is 0 Å². The first kappa shape index (κ1) is 9.18. The molecule has 0 radical (unpaired) electrons. The fraction of sp³-hybridized carbons (Fsp3) is 0.667. The van der Waals surface area contributed by atoms with Crippen LogP contribution in [0.3, 0.4) is 0 Å². The molecular weight excluding hydrogens is 155 g/mol. The van der Waals surface area contributed by atoms with Crippen molar-refractivity contribution in [2.75, 3.05) is 6.79 Å². The van der Waals surface area contributed by atoms with E-state index in [-0.39, 0.29) is 0 Å². The lowest BCUT2D eigenvalue weighted by molar-refractivity contribution is -0.191. The van der Waals surface area contributed by atoms with E-state index in [9.17, 15) is 18.0 Å². The molecule has 0 saturated heterocycles. The second-order valence-electron chi connectivity index (χ2n) is 1.20. The molecule has 0 rings (SSSR count). The third-order valence-electron chi connectivity index (χ3n) is 0.487. The van der Waals surface area contributed by atoms with Crippen LogP contribution in [0.5, 0.6) is 0 Å². The zero-order chi connectivity index (χ0) is 8.20. The van der Waals surface area contributed by atoms with E-state index in [1.807, 2.05) is 0 Å². The van der Waals surface area contributed by atoms with Crippen LogP contribution in [0.25, 0.3) is 0 Å². The molecule has 0 aromatic heterocycles. The highest BCUT2D eigenvalue weighted by molar-refractivity contribution is 5.80. The second kappa shape index (κ2) is 3.37. The zero-order valence-electron chi connectivity index (χ0n) is 4.60. The number of aliphatic hydroxyl groups is 1. The van der Waals surface area contributed by atoms with Gasteiger partial charge in [-0.05, 0) is 0 Å². The summed E-state index contributed by atoms with van der Waals surface area (Å²) in [5.74, 6) is -2.25. The molecule has 0 unspecified atom stereocenters. The van der Waals surface area contributed by atoms with Gasteiger partial charge in [-0.15, -0.1) is 0 Å². The number of halogens is 3. The van der Waals surface area contributed by atoms with E-state index in [0.29, 0.717) is 0 Å². The highest BCUT2D eigenvalue weighted by atomic mass is 19.4. The molecule has 4 nitrogen and oxygen atoms in total. The smallest absolute Gasteiger partial charge is 0.368 e. The van der Waals surface area contributed by atoms with E-state index in [2.05, 4.69) is 4.84 Å². The van der Waals surface area contributed by atoms with Crippen LogP contribution >= 0.6 is 0 Å². The van der Waals surface area contributed by atoms with Crippen molar-refractivity contribution >= 4 is 5.91 Å². The van der Waals surface area contributed by atoms with Gasteiger partial charge >= 0.3 is 12.1 Å². The zero-order valence-corrected chi connectivity index (χ0v) is 4.60. The molecule has 0 atom stereocenters. The minimum Gasteiger partial charge on any atom is -0.368 e. The fourth-order valence-electron chi connectivity index (χ4n) is 0.156. The molecule has 10 heavy (non-hydrogen) atoms. The third kappa shape index (κ3) is 3.25. The number of amides is 1. The maximum atomic E-state index is 11.2. The van der Waals surface area contributed by atoms with Crippen LogP contribution in [0.1, 0.15) is 0 Å². The van der Waals surface area contributed by atoms with Gasteiger partial charge in [0.1, 0.15) is 0 Å². The second-order valence-corrected chi connectivity index (χ2v) is 1.20. The Hall–Kier alpha value is -0.820. The molecule has 0 spiro atoms. The number of hydrogen-bond donors (Lipinski definition) is 2. The number of hydroxylamine groups is 1. The average molecular weight is 159 g/mol. The molecule has 0 aromatic carbocycles. The van der Waals surface area contributed by atoms with Gasteiger partial charge in [-0.3, -0.25) is 4.79 Å². The van der Waals surface area contributed by atoms with Crippen LogP contribution in [0.2, 0.25) is 0 Å². The van der Waals surface area contributed by atoms with Crippen molar-refractivity contribution < 1.29 is 27.9 Å². The van der Waals surface area contributed by atoms with Crippen LogP contribution < -0.4 is 5.48 Å². The van der Waals surface area contributed by atoms with Crippen LogP contribution in [0, 0.1) is 0 Å². The lowest BCUT2D eigenvalue weighted by Crippen LogP contribution is -2.36. The summed E-state index contributed by atoms with van der Waals surface area (Å²) in [6.07, 6.45) is -4.98. The lowest BCUT2D eigenvalue weighted by Gasteiger charge is -2.04. The molecule has 0 aromatic rings. The molecule has 0 aliphatic carbocycles. The summed E-state index contributed by atoms with van der Waals surface area (Å²) in [5, 5.41) is 7.78. The summed E-state index contributed by atoms with van der Waals surface area (Å²) in [6, 6.07) is 0. The molecule has 0 heterocycles. The Kier molecular flexibility index (Phi) is 3.10. The number of rotatable bonds is 2. The summed E-state index contributed by atoms with van der Waals surface area (Å²) in [5.41, 5.74) is 0.958. The number of carbonyl (C=O) groups excluding carboxylic acids is 1. The Morgan fingerprint density at radius 3 is 2.40 bits per heavy atom. The fourth-order valence-corrected chi connectivity index (χ4v) is 0.156. The summed E-state index contributed by atoms with van der Waals surface area (Å²) in [4.78, 5) is 13.3. The van der Waals surface area contributed by atoms with Crippen LogP contribution in [0.15, 0.2) is 0 Å². The van der Waals surface area contributed by atoms with E-state index in [0.717, 1.165) is 5.48 Å². The van der Waals surface area contributed by atoms with Crippen molar-refractivity contribution in [2.45, 2.75) is 6.18 Å². The molecule has 2 N–H and O–H groups in total. The molecular formula is C3H4F3NO3. The average Bonchev–Trinajstić information content (AvgIpc) is 1.80. The van der Waals surface area contributed by atoms with E-state index >= 15 is 0 Å². The van der Waals surface area contributed by atoms with Gasteiger partial charge in [0.05, 0.1) is 0 Å². The molecule has 0 fully saturated rings. The van der Waals surface area contributed by atoms with Crippen molar-refractivity contribution in [1.82, 2.24) is 5.48 Å². The minimum atomic E-state index is -4.98. The van der Waals surface area contributed by atoms with Gasteiger partial charge in [0.15, 0.2) is 6.79 Å². The minimum absolute atomic E-state index is 0.958. The lowest BCUT2D eigenvalue weighted by atomic mass is 10.6. The number of nitrogens with one attached hydrogen (secondary N) is 1. The van der Waals surface area contributed by atoms with Gasteiger partial charge in [0, 0.05) is 0 Å². The molecule has 0 aliphatic heterocycles. The maximum Gasteiger partial charge on any atom is 0.473 e. The van der Waals surface area contributed by atoms with Crippen molar-refractivity contribution in [3.63, 3.8) is 0 Å². The van der Waals surface area contributed by atoms with Crippen LogP contribution in [0.4, 0.5) is 13.2 Å². The molecule has 7 heteroatoms. The monoisotopic (exact) mass is 159 g/mol. The molecule has 0 saturated carbocycles. The maximum absolute atomic E-state index is 11.2. The SMILES string of the molecule is O=C(NOCO)C(F)(F)F. The Labute approximate surface area is 53.5 Å². The Bertz CT molecular complexity index is 123. The highest BCUT2D eigenvalue weighted by Crippen LogP contribution is 2.13. The summed E-state index contributed by atoms with van der Waals surface area (Å²) < 4.78 is 33.6. The predicted molar refractivity (Wildman–Crippen MR) is 22.4 cm³/mol. The van der Waals surface area contributed by atoms with Gasteiger partial charge < -0.3 is 5.11 Å². The van der Waals surface area contributed by atoms with Crippen LogP contribution in [-0.4, -0.2) is 24.0 Å². The number of carbonyl (C=O) groups is 1. The van der Waals surface area contributed by atoms with Gasteiger partial charge in [0.25, 0.3) is 0 Å². The number of hydrogen-bond acceptors (Lipinski definition) is 3. The van der Waals surface area contributed by atoms with Crippen molar-refractivity contribution in [3.05, 3.63) is 0 Å². The highest BCUT2D eigenvalue weighted by Gasteiger charge is 2.38. The van der Waals surface area contributed by atoms with E-state index in [1.54, 1.807) is 0 Å². The van der Waals surface area contributed by atoms with Gasteiger partial charge in [-0.25, -0.2) is 10.3 Å². The van der Waals surface area contributed by atoms with Gasteiger partial charge in [0.2, 0.25) is 0 Å². The van der Waals surface area contributed by atoms with Gasteiger partial charge in [-0.2, -0.15) is 13.2 Å². The molecule has 60 valence electrons. The Morgan fingerprint density at radius 1 is 1.60 bits per heavy atom. The summed E-state index contributed by atoms with van der Waals surface area (Å²) >= 11 is 0. The van der Waals surface area contributed by atoms with E-state index in [1.165, 1.54) is 0 Å².